The Morgan fingerprint density at radius 1 is 1.26 bits per heavy atom. The monoisotopic (exact) mass is 444 g/mol. The number of hydrogen-bond acceptors (Lipinski definition) is 5. The molecule has 31 heavy (non-hydrogen) atoms. The molecule has 7 nitrogen and oxygen atoms in total. The Hall–Kier alpha value is -2.49. The third-order valence-electron chi connectivity index (χ3n) is 6.56. The molecule has 0 saturated carbocycles. The minimum Gasteiger partial charge on any atom is -0.443 e. The third kappa shape index (κ3) is 3.40. The predicted molar refractivity (Wildman–Crippen MR) is 116 cm³/mol. The summed E-state index contributed by atoms with van der Waals surface area (Å²) in [5.74, 6) is -0.439. The van der Waals surface area contributed by atoms with E-state index in [-0.39, 0.29) is 6.04 Å². The van der Waals surface area contributed by atoms with Crippen molar-refractivity contribution in [3.63, 3.8) is 0 Å². The Bertz CT molecular complexity index is 1230. The highest BCUT2D eigenvalue weighted by atomic mass is 32.2. The molecule has 2 saturated heterocycles. The quantitative estimate of drug-likeness (QED) is 0.619. The number of halogens is 1. The standard InChI is InChI=1S/C22H25FN4O3S/c1-16-12-22(8-9-26(16)13-17-6-7-21-20(10-17)24-15-30-21)14-25(2)31(28,29)27(22)19-5-3-4-18(23)11-19/h3-7,10-11,15-16H,8-9,12-14H2,1-2H3/t16-,22+/m0/s1. The maximum Gasteiger partial charge on any atom is 0.304 e. The molecular formula is C22H25FN4O3S. The molecule has 2 atom stereocenters. The van der Waals surface area contributed by atoms with Crippen molar-refractivity contribution < 1.29 is 17.2 Å². The number of rotatable bonds is 3. The number of benzene rings is 2. The molecule has 2 aromatic carbocycles. The first-order valence-electron chi connectivity index (χ1n) is 10.4. The lowest BCUT2D eigenvalue weighted by molar-refractivity contribution is 0.100. The minimum atomic E-state index is -3.70. The number of nitrogens with zero attached hydrogens (tertiary/aromatic N) is 4. The number of anilines is 1. The van der Waals surface area contributed by atoms with Crippen LogP contribution in [0.2, 0.25) is 0 Å². The maximum absolute atomic E-state index is 13.9. The molecule has 1 aromatic heterocycles. The van der Waals surface area contributed by atoms with Gasteiger partial charge >= 0.3 is 10.2 Å². The summed E-state index contributed by atoms with van der Waals surface area (Å²) in [6.45, 7) is 4.02. The normalized spacial score (nSPS) is 26.8. The number of piperidine rings is 1. The van der Waals surface area contributed by atoms with E-state index in [1.807, 2.05) is 18.2 Å². The van der Waals surface area contributed by atoms with E-state index in [1.54, 1.807) is 19.2 Å². The van der Waals surface area contributed by atoms with Gasteiger partial charge in [-0.1, -0.05) is 12.1 Å². The molecule has 0 bridgehead atoms. The first kappa shape index (κ1) is 20.4. The SMILES string of the molecule is C[C@H]1C[C@]2(CCN1Cc1ccc3ocnc3c1)CN(C)S(=O)(=O)N2c1cccc(F)c1. The van der Waals surface area contributed by atoms with Gasteiger partial charge in [0, 0.05) is 32.7 Å². The van der Waals surface area contributed by atoms with E-state index in [0.29, 0.717) is 25.1 Å². The highest BCUT2D eigenvalue weighted by Crippen LogP contribution is 2.44. The van der Waals surface area contributed by atoms with Crippen molar-refractivity contribution in [3.05, 3.63) is 60.2 Å². The molecule has 9 heteroatoms. The Morgan fingerprint density at radius 3 is 2.87 bits per heavy atom. The molecule has 5 rings (SSSR count). The summed E-state index contributed by atoms with van der Waals surface area (Å²) in [5.41, 5.74) is 2.54. The largest absolute Gasteiger partial charge is 0.443 e. The van der Waals surface area contributed by atoms with Gasteiger partial charge in [-0.3, -0.25) is 9.21 Å². The van der Waals surface area contributed by atoms with Crippen molar-refractivity contribution >= 4 is 27.0 Å². The second-order valence-electron chi connectivity index (χ2n) is 8.66. The molecule has 3 aromatic rings. The second-order valence-corrected chi connectivity index (χ2v) is 10.5. The number of hydrogen-bond donors (Lipinski definition) is 0. The van der Waals surface area contributed by atoms with Crippen LogP contribution in [0.3, 0.4) is 0 Å². The van der Waals surface area contributed by atoms with Gasteiger partial charge in [0.05, 0.1) is 11.2 Å². The molecule has 0 unspecified atom stereocenters. The van der Waals surface area contributed by atoms with Gasteiger partial charge in [-0.2, -0.15) is 12.7 Å². The zero-order valence-corrected chi connectivity index (χ0v) is 18.3. The van der Waals surface area contributed by atoms with Crippen molar-refractivity contribution in [2.45, 2.75) is 37.9 Å². The van der Waals surface area contributed by atoms with Gasteiger partial charge in [-0.25, -0.2) is 9.37 Å². The Labute approximate surface area is 181 Å². The fourth-order valence-corrected chi connectivity index (χ4v) is 6.88. The Balaban J connectivity index is 1.41. The molecule has 0 amide bonds. The van der Waals surface area contributed by atoms with Gasteiger partial charge in [-0.05, 0) is 55.7 Å². The van der Waals surface area contributed by atoms with Gasteiger partial charge in [0.2, 0.25) is 0 Å². The summed E-state index contributed by atoms with van der Waals surface area (Å²) in [6.07, 6.45) is 2.78. The van der Waals surface area contributed by atoms with E-state index in [2.05, 4.69) is 16.8 Å². The third-order valence-corrected chi connectivity index (χ3v) is 8.54. The molecule has 3 heterocycles. The lowest BCUT2D eigenvalue weighted by Gasteiger charge is -2.47. The van der Waals surface area contributed by atoms with Crippen molar-refractivity contribution in [1.29, 1.82) is 0 Å². The van der Waals surface area contributed by atoms with Crippen molar-refractivity contribution in [3.8, 4) is 0 Å². The Kier molecular flexibility index (Phi) is 4.80. The predicted octanol–water partition coefficient (Wildman–Crippen LogP) is 3.39. The summed E-state index contributed by atoms with van der Waals surface area (Å²) in [7, 11) is -2.10. The first-order chi connectivity index (χ1) is 14.8. The van der Waals surface area contributed by atoms with Crippen LogP contribution in [0.4, 0.5) is 10.1 Å². The molecule has 2 aliphatic rings. The van der Waals surface area contributed by atoms with Crippen LogP contribution < -0.4 is 4.31 Å². The molecule has 0 N–H and O–H groups in total. The lowest BCUT2D eigenvalue weighted by atomic mass is 9.82. The zero-order valence-electron chi connectivity index (χ0n) is 17.5. The van der Waals surface area contributed by atoms with Crippen molar-refractivity contribution in [1.82, 2.24) is 14.2 Å². The molecule has 2 aliphatic heterocycles. The van der Waals surface area contributed by atoms with E-state index in [4.69, 9.17) is 4.42 Å². The highest BCUT2D eigenvalue weighted by Gasteiger charge is 2.55. The smallest absolute Gasteiger partial charge is 0.304 e. The van der Waals surface area contributed by atoms with E-state index in [9.17, 15) is 12.8 Å². The molecule has 1 spiro atoms. The van der Waals surface area contributed by atoms with Crippen LogP contribution in [0.1, 0.15) is 25.3 Å². The van der Waals surface area contributed by atoms with E-state index in [0.717, 1.165) is 29.8 Å². The van der Waals surface area contributed by atoms with Crippen LogP contribution in [0.15, 0.2) is 53.3 Å². The van der Waals surface area contributed by atoms with Crippen LogP contribution >= 0.6 is 0 Å². The second kappa shape index (κ2) is 7.29. The lowest BCUT2D eigenvalue weighted by Crippen LogP contribution is -2.57. The van der Waals surface area contributed by atoms with E-state index >= 15 is 0 Å². The van der Waals surface area contributed by atoms with Crippen LogP contribution in [0.5, 0.6) is 0 Å². The summed E-state index contributed by atoms with van der Waals surface area (Å²) in [6, 6.07) is 12.0. The number of oxazole rings is 1. The maximum atomic E-state index is 13.9. The summed E-state index contributed by atoms with van der Waals surface area (Å²) in [4.78, 5) is 6.59. The minimum absolute atomic E-state index is 0.152. The van der Waals surface area contributed by atoms with Crippen molar-refractivity contribution in [2.75, 3.05) is 24.4 Å². The molecule has 0 aliphatic carbocycles. The fraction of sp³-hybridized carbons (Fsp3) is 0.409. The first-order valence-corrected chi connectivity index (χ1v) is 11.8. The molecule has 2 fully saturated rings. The van der Waals surface area contributed by atoms with Gasteiger partial charge in [0.15, 0.2) is 12.0 Å². The van der Waals surface area contributed by atoms with Crippen LogP contribution in [0.25, 0.3) is 11.1 Å². The number of fused-ring (bicyclic) bond motifs is 1. The average Bonchev–Trinajstić information content (AvgIpc) is 3.24. The van der Waals surface area contributed by atoms with E-state index < -0.39 is 21.6 Å². The number of likely N-dealkylation sites (tertiary alicyclic amines) is 1. The number of aromatic nitrogens is 1. The van der Waals surface area contributed by atoms with Crippen LogP contribution in [-0.4, -0.2) is 54.3 Å². The van der Waals surface area contributed by atoms with E-state index in [1.165, 1.54) is 27.1 Å². The summed E-state index contributed by atoms with van der Waals surface area (Å²) < 4.78 is 48.4. The summed E-state index contributed by atoms with van der Waals surface area (Å²) >= 11 is 0. The summed E-state index contributed by atoms with van der Waals surface area (Å²) in [5, 5.41) is 0. The van der Waals surface area contributed by atoms with Crippen LogP contribution in [0, 0.1) is 5.82 Å². The number of likely N-dealkylation sites (N-methyl/N-ethyl adjacent to an activating group) is 1. The van der Waals surface area contributed by atoms with Gasteiger partial charge in [-0.15, -0.1) is 0 Å². The topological polar surface area (TPSA) is 69.9 Å². The zero-order chi connectivity index (χ0) is 21.8. The van der Waals surface area contributed by atoms with Crippen molar-refractivity contribution in [2.24, 2.45) is 0 Å². The average molecular weight is 445 g/mol. The van der Waals surface area contributed by atoms with Gasteiger partial charge in [0.1, 0.15) is 11.3 Å². The Morgan fingerprint density at radius 2 is 2.10 bits per heavy atom. The van der Waals surface area contributed by atoms with Crippen LogP contribution in [-0.2, 0) is 16.8 Å². The molecule has 164 valence electrons. The highest BCUT2D eigenvalue weighted by molar-refractivity contribution is 7.90. The fourth-order valence-electron chi connectivity index (χ4n) is 5.11. The van der Waals surface area contributed by atoms with Gasteiger partial charge in [0.25, 0.3) is 0 Å². The molecule has 0 radical (unpaired) electrons. The van der Waals surface area contributed by atoms with Gasteiger partial charge < -0.3 is 4.42 Å². The molecular weight excluding hydrogens is 419 g/mol.